The summed E-state index contributed by atoms with van der Waals surface area (Å²) in [6.45, 7) is 0.505. The maximum absolute atomic E-state index is 12.5. The van der Waals surface area contributed by atoms with E-state index < -0.39 is 10.0 Å². The predicted molar refractivity (Wildman–Crippen MR) is 91.8 cm³/mol. The molecule has 0 bridgehead atoms. The molecule has 0 heterocycles. The molecule has 0 spiro atoms. The summed E-state index contributed by atoms with van der Waals surface area (Å²) in [6, 6.07) is 18.4. The number of aliphatic hydroxyl groups excluding tert-OH is 1. The molecule has 124 valence electrons. The Labute approximate surface area is 138 Å². The molecule has 1 N–H and O–H groups in total. The molecule has 0 amide bonds. The van der Waals surface area contributed by atoms with E-state index in [-0.39, 0.29) is 12.5 Å². The second-order valence-corrected chi connectivity index (χ2v) is 7.59. The minimum absolute atomic E-state index is 0.0920. The van der Waals surface area contributed by atoms with Gasteiger partial charge in [-0.2, -0.15) is 0 Å². The highest BCUT2D eigenvalue weighted by Gasteiger charge is 2.21. The first-order chi connectivity index (χ1) is 11.1. The lowest BCUT2D eigenvalue weighted by atomic mass is 9.93. The van der Waals surface area contributed by atoms with Gasteiger partial charge in [-0.15, -0.1) is 0 Å². The van der Waals surface area contributed by atoms with Crippen LogP contribution < -0.4 is 0 Å². The Hall–Kier alpha value is -1.69. The van der Waals surface area contributed by atoms with Gasteiger partial charge in [0.2, 0.25) is 10.0 Å². The van der Waals surface area contributed by atoms with Crippen molar-refractivity contribution in [1.29, 1.82) is 0 Å². The predicted octanol–water partition coefficient (Wildman–Crippen LogP) is 2.86. The van der Waals surface area contributed by atoms with E-state index in [4.69, 9.17) is 0 Å². The second-order valence-electron chi connectivity index (χ2n) is 5.55. The Morgan fingerprint density at radius 1 is 0.957 bits per heavy atom. The number of sulfonamides is 1. The first-order valence-electron chi connectivity index (χ1n) is 7.73. The molecule has 2 aromatic carbocycles. The fourth-order valence-electron chi connectivity index (χ4n) is 2.59. The molecule has 2 aromatic rings. The zero-order valence-corrected chi connectivity index (χ0v) is 14.1. The minimum Gasteiger partial charge on any atom is -0.396 e. The van der Waals surface area contributed by atoms with E-state index in [1.807, 2.05) is 30.3 Å². The summed E-state index contributed by atoms with van der Waals surface area (Å²) in [6.07, 6.45) is 1.30. The van der Waals surface area contributed by atoms with Crippen LogP contribution in [0.3, 0.4) is 0 Å². The zero-order valence-electron chi connectivity index (χ0n) is 13.3. The molecule has 0 aliphatic heterocycles. The Morgan fingerprint density at radius 2 is 1.52 bits per heavy atom. The van der Waals surface area contributed by atoms with Crippen molar-refractivity contribution >= 4 is 10.0 Å². The van der Waals surface area contributed by atoms with Gasteiger partial charge in [0.25, 0.3) is 0 Å². The standard InChI is InChI=1S/C18H23NO3S/c1-19(23(21,22)18-10-6-3-7-11-18)14-12-17(13-15-20)16-8-4-2-5-9-16/h2-11,17,20H,12-15H2,1H3. The molecule has 0 saturated heterocycles. The third-order valence-electron chi connectivity index (χ3n) is 3.99. The van der Waals surface area contributed by atoms with Crippen molar-refractivity contribution < 1.29 is 13.5 Å². The molecule has 2 rings (SSSR count). The summed E-state index contributed by atoms with van der Waals surface area (Å²) in [4.78, 5) is 0.306. The van der Waals surface area contributed by atoms with Gasteiger partial charge in [0.1, 0.15) is 0 Å². The zero-order chi connectivity index (χ0) is 16.7. The molecule has 0 aliphatic carbocycles. The quantitative estimate of drug-likeness (QED) is 0.808. The number of benzene rings is 2. The van der Waals surface area contributed by atoms with Crippen molar-refractivity contribution in [1.82, 2.24) is 4.31 Å². The summed E-state index contributed by atoms with van der Waals surface area (Å²) in [5.74, 6) is 0.148. The van der Waals surface area contributed by atoms with Crippen LogP contribution in [0.15, 0.2) is 65.6 Å². The van der Waals surface area contributed by atoms with E-state index in [1.165, 1.54) is 4.31 Å². The highest BCUT2D eigenvalue weighted by atomic mass is 32.2. The minimum atomic E-state index is -3.46. The van der Waals surface area contributed by atoms with Gasteiger partial charge in [-0.1, -0.05) is 48.5 Å². The summed E-state index contributed by atoms with van der Waals surface area (Å²) < 4.78 is 26.4. The van der Waals surface area contributed by atoms with E-state index in [0.29, 0.717) is 24.3 Å². The van der Waals surface area contributed by atoms with E-state index in [1.54, 1.807) is 37.4 Å². The summed E-state index contributed by atoms with van der Waals surface area (Å²) in [5, 5.41) is 9.27. The molecule has 1 unspecified atom stereocenters. The highest BCUT2D eigenvalue weighted by molar-refractivity contribution is 7.89. The normalized spacial score (nSPS) is 13.2. The van der Waals surface area contributed by atoms with Crippen LogP contribution in [-0.4, -0.2) is 38.0 Å². The number of hydrogen-bond acceptors (Lipinski definition) is 3. The molecular weight excluding hydrogens is 310 g/mol. The molecule has 0 aromatic heterocycles. The SMILES string of the molecule is CN(CCC(CCO)c1ccccc1)S(=O)(=O)c1ccccc1. The van der Waals surface area contributed by atoms with E-state index in [9.17, 15) is 13.5 Å². The lowest BCUT2D eigenvalue weighted by Crippen LogP contribution is -2.29. The van der Waals surface area contributed by atoms with Crippen LogP contribution in [0.4, 0.5) is 0 Å². The fourth-order valence-corrected chi connectivity index (χ4v) is 3.80. The molecule has 4 nitrogen and oxygen atoms in total. The number of nitrogens with zero attached hydrogens (tertiary/aromatic N) is 1. The van der Waals surface area contributed by atoms with E-state index in [2.05, 4.69) is 0 Å². The van der Waals surface area contributed by atoms with Gasteiger partial charge >= 0.3 is 0 Å². The number of aliphatic hydroxyl groups is 1. The van der Waals surface area contributed by atoms with Gasteiger partial charge < -0.3 is 5.11 Å². The van der Waals surface area contributed by atoms with Crippen LogP contribution in [0.25, 0.3) is 0 Å². The first kappa shape index (κ1) is 17.7. The maximum Gasteiger partial charge on any atom is 0.242 e. The Balaban J connectivity index is 2.06. The average Bonchev–Trinajstić information content (AvgIpc) is 2.59. The van der Waals surface area contributed by atoms with E-state index >= 15 is 0 Å². The van der Waals surface area contributed by atoms with Crippen molar-refractivity contribution in [3.8, 4) is 0 Å². The monoisotopic (exact) mass is 333 g/mol. The Kier molecular flexibility index (Phi) is 6.33. The van der Waals surface area contributed by atoms with Gasteiger partial charge in [-0.3, -0.25) is 0 Å². The molecular formula is C18H23NO3S. The molecule has 1 atom stereocenters. The van der Waals surface area contributed by atoms with Gasteiger partial charge in [0.05, 0.1) is 4.90 Å². The lowest BCUT2D eigenvalue weighted by molar-refractivity contribution is 0.269. The second kappa shape index (κ2) is 8.24. The molecule has 0 aliphatic rings. The van der Waals surface area contributed by atoms with E-state index in [0.717, 1.165) is 5.56 Å². The highest BCUT2D eigenvalue weighted by Crippen LogP contribution is 2.24. The lowest BCUT2D eigenvalue weighted by Gasteiger charge is -2.21. The number of hydrogen-bond donors (Lipinski definition) is 1. The summed E-state index contributed by atoms with van der Waals surface area (Å²) in [7, 11) is -1.86. The number of rotatable bonds is 8. The summed E-state index contributed by atoms with van der Waals surface area (Å²) in [5.41, 5.74) is 1.13. The van der Waals surface area contributed by atoms with Crippen LogP contribution in [0, 0.1) is 0 Å². The topological polar surface area (TPSA) is 57.6 Å². The van der Waals surface area contributed by atoms with Gasteiger partial charge in [-0.05, 0) is 36.5 Å². The molecule has 0 fully saturated rings. The fraction of sp³-hybridized carbons (Fsp3) is 0.333. The van der Waals surface area contributed by atoms with Crippen LogP contribution in [-0.2, 0) is 10.0 Å². The average molecular weight is 333 g/mol. The Morgan fingerprint density at radius 3 is 2.09 bits per heavy atom. The maximum atomic E-state index is 12.5. The first-order valence-corrected chi connectivity index (χ1v) is 9.17. The largest absolute Gasteiger partial charge is 0.396 e. The Bertz CT molecular complexity index is 687. The van der Waals surface area contributed by atoms with Crippen molar-refractivity contribution in [2.45, 2.75) is 23.7 Å². The van der Waals surface area contributed by atoms with Crippen molar-refractivity contribution in [3.05, 3.63) is 66.2 Å². The third kappa shape index (κ3) is 4.64. The van der Waals surface area contributed by atoms with Crippen LogP contribution in [0.5, 0.6) is 0 Å². The third-order valence-corrected chi connectivity index (χ3v) is 5.86. The van der Waals surface area contributed by atoms with Gasteiger partial charge in [-0.25, -0.2) is 12.7 Å². The molecule has 23 heavy (non-hydrogen) atoms. The van der Waals surface area contributed by atoms with Crippen molar-refractivity contribution in [2.75, 3.05) is 20.2 Å². The molecule has 5 heteroatoms. The summed E-state index contributed by atoms with van der Waals surface area (Å²) >= 11 is 0. The van der Waals surface area contributed by atoms with Gasteiger partial charge in [0.15, 0.2) is 0 Å². The van der Waals surface area contributed by atoms with Crippen molar-refractivity contribution in [3.63, 3.8) is 0 Å². The van der Waals surface area contributed by atoms with Crippen LogP contribution in [0.1, 0.15) is 24.3 Å². The van der Waals surface area contributed by atoms with Crippen LogP contribution in [0.2, 0.25) is 0 Å². The van der Waals surface area contributed by atoms with Gasteiger partial charge in [0, 0.05) is 20.2 Å². The van der Waals surface area contributed by atoms with Crippen LogP contribution >= 0.6 is 0 Å². The molecule has 0 radical (unpaired) electrons. The molecule has 0 saturated carbocycles. The van der Waals surface area contributed by atoms with Crippen molar-refractivity contribution in [2.24, 2.45) is 0 Å². The smallest absolute Gasteiger partial charge is 0.242 e.